The van der Waals surface area contributed by atoms with Crippen LogP contribution in [0.1, 0.15) is 63.9 Å². The Kier molecular flexibility index (Phi) is 5.33. The van der Waals surface area contributed by atoms with Gasteiger partial charge in [0.25, 0.3) is 0 Å². The van der Waals surface area contributed by atoms with Crippen LogP contribution in [-0.2, 0) is 23.5 Å². The summed E-state index contributed by atoms with van der Waals surface area (Å²) >= 11 is 0. The monoisotopic (exact) mass is 375 g/mol. The van der Waals surface area contributed by atoms with Crippen LogP contribution in [0.2, 0.25) is 0 Å². The molecule has 148 valence electrons. The highest BCUT2D eigenvalue weighted by Gasteiger charge is 2.52. The Hall–Kier alpha value is -0.985. The fourth-order valence-corrected chi connectivity index (χ4v) is 3.74. The molecular weight excluding hydrogens is 345 g/mol. The van der Waals surface area contributed by atoms with Gasteiger partial charge in [-0.1, -0.05) is 0 Å². The van der Waals surface area contributed by atoms with Crippen LogP contribution in [0.15, 0.2) is 12.1 Å². The quantitative estimate of drug-likeness (QED) is 0.756. The molecule has 0 bridgehead atoms. The first-order chi connectivity index (χ1) is 12.9. The van der Waals surface area contributed by atoms with Crippen molar-refractivity contribution in [1.29, 1.82) is 0 Å². The highest BCUT2D eigenvalue weighted by Crippen LogP contribution is 2.37. The van der Waals surface area contributed by atoms with E-state index < -0.39 is 7.12 Å². The molecule has 0 radical (unpaired) electrons. The zero-order valence-corrected chi connectivity index (χ0v) is 16.8. The standard InChI is InChI=1S/C20H30BNO5/c1-19(2)20(3,4)27-21(26-19)15-11-16(14-5-7-23-8-6-14)22-17(12-15)18-13-24-9-10-25-18/h11-12,14,18H,5-10,13H2,1-4H3. The van der Waals surface area contributed by atoms with Gasteiger partial charge in [0, 0.05) is 24.8 Å². The van der Waals surface area contributed by atoms with Gasteiger partial charge in [-0.3, -0.25) is 4.98 Å². The normalized spacial score (nSPS) is 28.4. The third-order valence-electron chi connectivity index (χ3n) is 6.20. The van der Waals surface area contributed by atoms with Gasteiger partial charge in [-0.05, 0) is 58.1 Å². The first-order valence-corrected chi connectivity index (χ1v) is 10.0. The summed E-state index contributed by atoms with van der Waals surface area (Å²) in [6, 6.07) is 4.20. The minimum absolute atomic E-state index is 0.139. The Labute approximate surface area is 162 Å². The first-order valence-electron chi connectivity index (χ1n) is 10.0. The molecule has 4 heterocycles. The Morgan fingerprint density at radius 2 is 1.56 bits per heavy atom. The highest BCUT2D eigenvalue weighted by atomic mass is 16.7. The van der Waals surface area contributed by atoms with Crippen molar-refractivity contribution in [3.63, 3.8) is 0 Å². The number of aromatic nitrogens is 1. The van der Waals surface area contributed by atoms with E-state index in [2.05, 4.69) is 39.8 Å². The summed E-state index contributed by atoms with van der Waals surface area (Å²) in [5.74, 6) is 0.393. The summed E-state index contributed by atoms with van der Waals surface area (Å²) in [5, 5.41) is 0. The number of pyridine rings is 1. The van der Waals surface area contributed by atoms with E-state index in [1.807, 2.05) is 0 Å². The molecule has 1 aromatic rings. The number of hydrogen-bond donors (Lipinski definition) is 0. The van der Waals surface area contributed by atoms with E-state index in [-0.39, 0.29) is 17.3 Å². The average Bonchev–Trinajstić information content (AvgIpc) is 2.90. The lowest BCUT2D eigenvalue weighted by molar-refractivity contribution is -0.0918. The molecule has 0 aliphatic carbocycles. The molecule has 0 amide bonds. The molecule has 1 atom stereocenters. The Morgan fingerprint density at radius 1 is 0.889 bits per heavy atom. The smallest absolute Gasteiger partial charge is 0.399 e. The second kappa shape index (κ2) is 7.45. The molecule has 0 aromatic carbocycles. The van der Waals surface area contributed by atoms with E-state index >= 15 is 0 Å². The summed E-state index contributed by atoms with van der Waals surface area (Å²) in [6.45, 7) is 11.6. The van der Waals surface area contributed by atoms with Gasteiger partial charge in [0.1, 0.15) is 6.10 Å². The molecule has 0 saturated carbocycles. The van der Waals surface area contributed by atoms with Crippen LogP contribution < -0.4 is 5.46 Å². The summed E-state index contributed by atoms with van der Waals surface area (Å²) in [7, 11) is -0.403. The molecule has 0 spiro atoms. The van der Waals surface area contributed by atoms with Gasteiger partial charge in [0.15, 0.2) is 0 Å². The maximum Gasteiger partial charge on any atom is 0.494 e. The molecule has 27 heavy (non-hydrogen) atoms. The van der Waals surface area contributed by atoms with E-state index in [1.54, 1.807) is 0 Å². The fraction of sp³-hybridized carbons (Fsp3) is 0.750. The van der Waals surface area contributed by atoms with Crippen LogP contribution in [0.5, 0.6) is 0 Å². The molecule has 3 aliphatic heterocycles. The van der Waals surface area contributed by atoms with E-state index in [0.717, 1.165) is 42.9 Å². The fourth-order valence-electron chi connectivity index (χ4n) is 3.74. The van der Waals surface area contributed by atoms with Gasteiger partial charge in [-0.25, -0.2) is 0 Å². The molecule has 1 aromatic heterocycles. The SMILES string of the molecule is CC1(C)OB(c2cc(C3CCOCC3)nc(C3COCCO3)c2)OC1(C)C. The van der Waals surface area contributed by atoms with Crippen LogP contribution in [-0.4, -0.2) is 56.3 Å². The summed E-state index contributed by atoms with van der Waals surface area (Å²) < 4.78 is 29.6. The molecule has 3 fully saturated rings. The molecule has 4 rings (SSSR count). The average molecular weight is 375 g/mol. The zero-order chi connectivity index (χ0) is 19.1. The van der Waals surface area contributed by atoms with E-state index in [9.17, 15) is 0 Å². The number of nitrogens with zero attached hydrogens (tertiary/aromatic N) is 1. The van der Waals surface area contributed by atoms with Crippen LogP contribution in [0.3, 0.4) is 0 Å². The summed E-state index contributed by atoms with van der Waals surface area (Å²) in [5.41, 5.74) is 2.25. The van der Waals surface area contributed by atoms with Crippen molar-refractivity contribution in [2.45, 2.75) is 63.8 Å². The van der Waals surface area contributed by atoms with Crippen LogP contribution in [0, 0.1) is 0 Å². The topological polar surface area (TPSA) is 59.0 Å². The van der Waals surface area contributed by atoms with Crippen molar-refractivity contribution in [2.24, 2.45) is 0 Å². The molecule has 6 nitrogen and oxygen atoms in total. The molecule has 1 unspecified atom stereocenters. The van der Waals surface area contributed by atoms with E-state index in [4.69, 9.17) is 28.5 Å². The van der Waals surface area contributed by atoms with Crippen molar-refractivity contribution >= 4 is 12.6 Å². The Balaban J connectivity index is 1.67. The minimum atomic E-state index is -0.403. The maximum absolute atomic E-state index is 6.29. The third-order valence-corrected chi connectivity index (χ3v) is 6.20. The highest BCUT2D eigenvalue weighted by molar-refractivity contribution is 6.62. The third kappa shape index (κ3) is 3.94. The van der Waals surface area contributed by atoms with Gasteiger partial charge in [0.05, 0.1) is 36.7 Å². The Bertz CT molecular complexity index is 616. The van der Waals surface area contributed by atoms with Crippen molar-refractivity contribution < 1.29 is 23.5 Å². The van der Waals surface area contributed by atoms with Crippen molar-refractivity contribution in [3.8, 4) is 0 Å². The number of ether oxygens (including phenoxy) is 3. The van der Waals surface area contributed by atoms with Gasteiger partial charge < -0.3 is 23.5 Å². The maximum atomic E-state index is 6.29. The summed E-state index contributed by atoms with van der Waals surface area (Å²) in [6.07, 6.45) is 1.84. The number of hydrogen-bond acceptors (Lipinski definition) is 6. The largest absolute Gasteiger partial charge is 0.494 e. The predicted octanol–water partition coefficient (Wildman–Crippen LogP) is 2.36. The minimum Gasteiger partial charge on any atom is -0.399 e. The van der Waals surface area contributed by atoms with Gasteiger partial charge in [-0.15, -0.1) is 0 Å². The van der Waals surface area contributed by atoms with Crippen LogP contribution in [0.25, 0.3) is 0 Å². The molecule has 3 saturated heterocycles. The van der Waals surface area contributed by atoms with Gasteiger partial charge >= 0.3 is 7.12 Å². The second-order valence-electron chi connectivity index (χ2n) is 8.66. The first kappa shape index (κ1) is 19.3. The van der Waals surface area contributed by atoms with E-state index in [1.165, 1.54) is 0 Å². The van der Waals surface area contributed by atoms with Gasteiger partial charge in [0.2, 0.25) is 0 Å². The lowest BCUT2D eigenvalue weighted by Crippen LogP contribution is -2.41. The zero-order valence-electron chi connectivity index (χ0n) is 16.8. The van der Waals surface area contributed by atoms with Crippen molar-refractivity contribution in [2.75, 3.05) is 33.0 Å². The lowest BCUT2D eigenvalue weighted by atomic mass is 9.77. The number of rotatable bonds is 3. The summed E-state index contributed by atoms with van der Waals surface area (Å²) in [4.78, 5) is 4.95. The molecule has 0 N–H and O–H groups in total. The molecular formula is C20H30BNO5. The predicted molar refractivity (Wildman–Crippen MR) is 102 cm³/mol. The van der Waals surface area contributed by atoms with Crippen molar-refractivity contribution in [3.05, 3.63) is 23.5 Å². The van der Waals surface area contributed by atoms with Crippen LogP contribution >= 0.6 is 0 Å². The van der Waals surface area contributed by atoms with Crippen LogP contribution in [0.4, 0.5) is 0 Å². The second-order valence-corrected chi connectivity index (χ2v) is 8.66. The molecule has 7 heteroatoms. The van der Waals surface area contributed by atoms with Crippen molar-refractivity contribution in [1.82, 2.24) is 4.98 Å². The Morgan fingerprint density at radius 3 is 2.19 bits per heavy atom. The van der Waals surface area contributed by atoms with Gasteiger partial charge in [-0.2, -0.15) is 0 Å². The lowest BCUT2D eigenvalue weighted by Gasteiger charge is -2.32. The molecule has 3 aliphatic rings. The van der Waals surface area contributed by atoms with E-state index in [0.29, 0.717) is 25.7 Å².